The van der Waals surface area contributed by atoms with Crippen LogP contribution in [0, 0.1) is 0 Å². The van der Waals surface area contributed by atoms with Gasteiger partial charge in [-0.2, -0.15) is 0 Å². The zero-order chi connectivity index (χ0) is 11.4. The van der Waals surface area contributed by atoms with Gasteiger partial charge >= 0.3 is 0 Å². The third kappa shape index (κ3) is 2.82. The van der Waals surface area contributed by atoms with Crippen LogP contribution in [0.15, 0.2) is 16.6 Å². The fourth-order valence-electron chi connectivity index (χ4n) is 1.31. The third-order valence-corrected chi connectivity index (χ3v) is 2.57. The number of ether oxygens (including phenoxy) is 1. The maximum atomic E-state index is 12.1. The topological polar surface area (TPSA) is 55.5 Å². The van der Waals surface area contributed by atoms with E-state index in [0.29, 0.717) is 11.3 Å². The van der Waals surface area contributed by atoms with Gasteiger partial charge in [-0.25, -0.2) is 0 Å². The molecule has 1 aromatic rings. The second-order valence-corrected chi connectivity index (χ2v) is 4.05. The lowest BCUT2D eigenvalue weighted by molar-refractivity contribution is 0.364. The number of phenols is 1. The normalized spacial score (nSPS) is 12.5. The summed E-state index contributed by atoms with van der Waals surface area (Å²) >= 11 is 3.27. The number of phenolic OH excluding ortho intramolecular Hbond substituents is 1. The van der Waals surface area contributed by atoms with Crippen molar-refractivity contribution in [2.45, 2.75) is 12.5 Å². The Bertz CT molecular complexity index is 346. The Labute approximate surface area is 96.2 Å². The van der Waals surface area contributed by atoms with Crippen LogP contribution in [-0.2, 0) is 0 Å². The molecule has 0 aliphatic rings. The van der Waals surface area contributed by atoms with Gasteiger partial charge in [-0.15, -0.1) is 0 Å². The quantitative estimate of drug-likeness (QED) is 0.889. The molecule has 0 saturated carbocycles. The average Bonchev–Trinajstić information content (AvgIpc) is 2.21. The number of hydrogen-bond donors (Lipinski definition) is 2. The summed E-state index contributed by atoms with van der Waals surface area (Å²) in [6, 6.07) is 2.76. The molecule has 0 aliphatic heterocycles. The van der Waals surface area contributed by atoms with E-state index in [1.54, 1.807) is 12.1 Å². The molecule has 0 radical (unpaired) electrons. The van der Waals surface area contributed by atoms with Crippen LogP contribution in [0.1, 0.15) is 18.0 Å². The summed E-state index contributed by atoms with van der Waals surface area (Å²) in [5, 5.41) is 9.76. The van der Waals surface area contributed by atoms with E-state index in [9.17, 15) is 9.50 Å². The van der Waals surface area contributed by atoms with Crippen LogP contribution in [0.2, 0.25) is 0 Å². The first-order chi connectivity index (χ1) is 7.10. The highest BCUT2D eigenvalue weighted by atomic mass is 79.9. The number of nitrogens with two attached hydrogens (primary N) is 1. The van der Waals surface area contributed by atoms with Crippen LogP contribution >= 0.6 is 15.9 Å². The Balaban J connectivity index is 3.11. The molecule has 0 bridgehead atoms. The fourth-order valence-corrected chi connectivity index (χ4v) is 1.76. The molecule has 0 aliphatic carbocycles. The summed E-state index contributed by atoms with van der Waals surface area (Å²) < 4.78 is 17.8. The number of halogens is 2. The number of benzene rings is 1. The molecule has 1 atom stereocenters. The summed E-state index contributed by atoms with van der Waals surface area (Å²) in [4.78, 5) is 0. The zero-order valence-electron chi connectivity index (χ0n) is 8.34. The van der Waals surface area contributed by atoms with E-state index in [0.717, 1.165) is 4.47 Å². The van der Waals surface area contributed by atoms with E-state index >= 15 is 0 Å². The molecule has 5 heteroatoms. The smallest absolute Gasteiger partial charge is 0.162 e. The van der Waals surface area contributed by atoms with Crippen molar-refractivity contribution in [2.75, 3.05) is 13.8 Å². The molecule has 0 amide bonds. The van der Waals surface area contributed by atoms with Crippen molar-refractivity contribution in [3.63, 3.8) is 0 Å². The largest absolute Gasteiger partial charge is 0.504 e. The Kier molecular flexibility index (Phi) is 4.35. The molecule has 0 heterocycles. The first-order valence-corrected chi connectivity index (χ1v) is 5.27. The van der Waals surface area contributed by atoms with Crippen molar-refractivity contribution in [2.24, 2.45) is 5.73 Å². The molecule has 0 spiro atoms. The molecule has 0 fully saturated rings. The fraction of sp³-hybridized carbons (Fsp3) is 0.400. The second-order valence-electron chi connectivity index (χ2n) is 3.13. The predicted molar refractivity (Wildman–Crippen MR) is 59.9 cm³/mol. The molecular formula is C10H13BrFNO2. The van der Waals surface area contributed by atoms with Gasteiger partial charge in [0.25, 0.3) is 0 Å². The second kappa shape index (κ2) is 5.32. The lowest BCUT2D eigenvalue weighted by Gasteiger charge is -2.14. The SMILES string of the molecule is COc1cc(Br)cc([C@H](N)CCF)c1O. The highest BCUT2D eigenvalue weighted by Crippen LogP contribution is 2.37. The van der Waals surface area contributed by atoms with Gasteiger partial charge in [-0.3, -0.25) is 4.39 Å². The van der Waals surface area contributed by atoms with E-state index < -0.39 is 12.7 Å². The Hall–Kier alpha value is -0.810. The molecule has 0 aromatic heterocycles. The molecule has 84 valence electrons. The minimum atomic E-state index is -0.526. The monoisotopic (exact) mass is 277 g/mol. The van der Waals surface area contributed by atoms with Crippen LogP contribution < -0.4 is 10.5 Å². The van der Waals surface area contributed by atoms with E-state index in [4.69, 9.17) is 10.5 Å². The number of aromatic hydroxyl groups is 1. The van der Waals surface area contributed by atoms with Crippen molar-refractivity contribution < 1.29 is 14.2 Å². The van der Waals surface area contributed by atoms with Gasteiger partial charge in [0.2, 0.25) is 0 Å². The number of methoxy groups -OCH3 is 1. The molecule has 1 aromatic carbocycles. The maximum absolute atomic E-state index is 12.1. The van der Waals surface area contributed by atoms with Crippen LogP contribution in [0.25, 0.3) is 0 Å². The summed E-state index contributed by atoms with van der Waals surface area (Å²) in [6.45, 7) is -0.518. The Morgan fingerprint density at radius 3 is 2.80 bits per heavy atom. The van der Waals surface area contributed by atoms with Gasteiger partial charge in [0.15, 0.2) is 11.5 Å². The molecule has 0 saturated heterocycles. The van der Waals surface area contributed by atoms with E-state index in [1.807, 2.05) is 0 Å². The van der Waals surface area contributed by atoms with Gasteiger partial charge in [0.1, 0.15) is 0 Å². The molecule has 3 nitrogen and oxygen atoms in total. The minimum Gasteiger partial charge on any atom is -0.504 e. The van der Waals surface area contributed by atoms with Crippen LogP contribution in [0.3, 0.4) is 0 Å². The summed E-state index contributed by atoms with van der Waals surface area (Å²) in [5.74, 6) is 0.301. The molecule has 3 N–H and O–H groups in total. The summed E-state index contributed by atoms with van der Waals surface area (Å²) in [7, 11) is 1.45. The highest BCUT2D eigenvalue weighted by Gasteiger charge is 2.15. The highest BCUT2D eigenvalue weighted by molar-refractivity contribution is 9.10. The molecule has 15 heavy (non-hydrogen) atoms. The molecule has 1 rings (SSSR count). The summed E-state index contributed by atoms with van der Waals surface area (Å²) in [6.07, 6.45) is 0.174. The number of hydrogen-bond acceptors (Lipinski definition) is 3. The van der Waals surface area contributed by atoms with Gasteiger partial charge in [-0.05, 0) is 18.6 Å². The van der Waals surface area contributed by atoms with Gasteiger partial charge < -0.3 is 15.6 Å². The first-order valence-electron chi connectivity index (χ1n) is 4.48. The van der Waals surface area contributed by atoms with E-state index in [-0.39, 0.29) is 12.2 Å². The Morgan fingerprint density at radius 2 is 2.27 bits per heavy atom. The third-order valence-electron chi connectivity index (χ3n) is 2.11. The average molecular weight is 278 g/mol. The van der Waals surface area contributed by atoms with Crippen molar-refractivity contribution in [3.05, 3.63) is 22.2 Å². The lowest BCUT2D eigenvalue weighted by Crippen LogP contribution is -2.11. The van der Waals surface area contributed by atoms with Crippen molar-refractivity contribution >= 4 is 15.9 Å². The van der Waals surface area contributed by atoms with Crippen molar-refractivity contribution in [1.29, 1.82) is 0 Å². The van der Waals surface area contributed by atoms with E-state index in [1.165, 1.54) is 7.11 Å². The van der Waals surface area contributed by atoms with Crippen LogP contribution in [0.5, 0.6) is 11.5 Å². The van der Waals surface area contributed by atoms with Gasteiger partial charge in [-0.1, -0.05) is 15.9 Å². The zero-order valence-corrected chi connectivity index (χ0v) is 9.92. The van der Waals surface area contributed by atoms with Crippen molar-refractivity contribution in [3.8, 4) is 11.5 Å². The standard InChI is InChI=1S/C10H13BrFNO2/c1-15-9-5-6(11)4-7(10(9)14)8(13)2-3-12/h4-5,8,14H,2-3,13H2,1H3/t8-/m1/s1. The number of rotatable bonds is 4. The summed E-state index contributed by atoms with van der Waals surface area (Å²) in [5.41, 5.74) is 6.21. The molecule has 0 unspecified atom stereocenters. The Morgan fingerprint density at radius 1 is 1.60 bits per heavy atom. The maximum Gasteiger partial charge on any atom is 0.162 e. The predicted octanol–water partition coefficient (Wildman–Crippen LogP) is 2.52. The molecular weight excluding hydrogens is 265 g/mol. The van der Waals surface area contributed by atoms with Crippen molar-refractivity contribution in [1.82, 2.24) is 0 Å². The van der Waals surface area contributed by atoms with Gasteiger partial charge in [0, 0.05) is 16.1 Å². The van der Waals surface area contributed by atoms with Crippen LogP contribution in [-0.4, -0.2) is 18.9 Å². The van der Waals surface area contributed by atoms with Gasteiger partial charge in [0.05, 0.1) is 13.8 Å². The van der Waals surface area contributed by atoms with Crippen LogP contribution in [0.4, 0.5) is 4.39 Å². The number of alkyl halides is 1. The minimum absolute atomic E-state index is 0.0262. The van der Waals surface area contributed by atoms with E-state index in [2.05, 4.69) is 15.9 Å². The lowest BCUT2D eigenvalue weighted by atomic mass is 10.0. The first kappa shape index (κ1) is 12.3.